The minimum atomic E-state index is -0.297. The number of amides is 1. The molecule has 5 heteroatoms. The highest BCUT2D eigenvalue weighted by atomic mass is 16.2. The third kappa shape index (κ3) is 4.09. The van der Waals surface area contributed by atoms with E-state index in [0.717, 1.165) is 22.4 Å². The maximum Gasteiger partial charge on any atom is 0.291 e. The standard InChI is InChI=1S/C24H22N4O/c1-17-13-14-21(18(2)15-17)28-23(20-11-7-4-8-12-20)26-22(27-28)24(29)25-16-19-9-5-3-6-10-19/h3-15H,16H2,1-2H3,(H,25,29). The van der Waals surface area contributed by atoms with Crippen LogP contribution in [-0.4, -0.2) is 20.7 Å². The van der Waals surface area contributed by atoms with Crippen LogP contribution in [0, 0.1) is 13.8 Å². The number of rotatable bonds is 5. The Hall–Kier alpha value is -3.73. The number of nitrogens with zero attached hydrogens (tertiary/aromatic N) is 3. The summed E-state index contributed by atoms with van der Waals surface area (Å²) in [6.07, 6.45) is 0. The average molecular weight is 382 g/mol. The third-order valence-corrected chi connectivity index (χ3v) is 4.72. The zero-order valence-electron chi connectivity index (χ0n) is 16.5. The Balaban J connectivity index is 1.70. The Morgan fingerprint density at radius 3 is 2.31 bits per heavy atom. The van der Waals surface area contributed by atoms with Crippen LogP contribution in [0.5, 0.6) is 0 Å². The van der Waals surface area contributed by atoms with Crippen molar-refractivity contribution in [3.8, 4) is 17.1 Å². The van der Waals surface area contributed by atoms with Crippen molar-refractivity contribution in [2.24, 2.45) is 0 Å². The van der Waals surface area contributed by atoms with Gasteiger partial charge in [0.15, 0.2) is 5.82 Å². The molecule has 0 saturated heterocycles. The number of aromatic nitrogens is 3. The van der Waals surface area contributed by atoms with Gasteiger partial charge in [0.25, 0.3) is 5.91 Å². The smallest absolute Gasteiger partial charge is 0.291 e. The molecule has 0 aliphatic carbocycles. The monoisotopic (exact) mass is 382 g/mol. The number of nitrogens with one attached hydrogen (secondary N) is 1. The first-order valence-corrected chi connectivity index (χ1v) is 9.54. The van der Waals surface area contributed by atoms with Crippen molar-refractivity contribution < 1.29 is 4.79 Å². The lowest BCUT2D eigenvalue weighted by Crippen LogP contribution is -2.24. The number of aryl methyl sites for hydroxylation is 2. The lowest BCUT2D eigenvalue weighted by molar-refractivity contribution is 0.0940. The molecule has 1 aromatic heterocycles. The summed E-state index contributed by atoms with van der Waals surface area (Å²) in [4.78, 5) is 17.3. The van der Waals surface area contributed by atoms with Gasteiger partial charge in [-0.15, -0.1) is 5.10 Å². The fourth-order valence-electron chi connectivity index (χ4n) is 3.25. The Morgan fingerprint density at radius 1 is 0.931 bits per heavy atom. The fourth-order valence-corrected chi connectivity index (χ4v) is 3.25. The van der Waals surface area contributed by atoms with E-state index in [4.69, 9.17) is 0 Å². The van der Waals surface area contributed by atoms with Gasteiger partial charge >= 0.3 is 0 Å². The summed E-state index contributed by atoms with van der Waals surface area (Å²) < 4.78 is 1.75. The molecule has 1 amide bonds. The van der Waals surface area contributed by atoms with Crippen molar-refractivity contribution in [3.05, 3.63) is 101 Å². The van der Waals surface area contributed by atoms with Crippen LogP contribution in [0.2, 0.25) is 0 Å². The van der Waals surface area contributed by atoms with E-state index in [-0.39, 0.29) is 11.7 Å². The zero-order chi connectivity index (χ0) is 20.2. The van der Waals surface area contributed by atoms with Crippen molar-refractivity contribution >= 4 is 5.91 Å². The van der Waals surface area contributed by atoms with Crippen LogP contribution in [0.15, 0.2) is 78.9 Å². The fraction of sp³-hybridized carbons (Fsp3) is 0.125. The second-order valence-electron chi connectivity index (χ2n) is 7.00. The first kappa shape index (κ1) is 18.6. The molecule has 144 valence electrons. The van der Waals surface area contributed by atoms with E-state index < -0.39 is 0 Å². The number of hydrogen-bond donors (Lipinski definition) is 1. The molecule has 4 aromatic rings. The zero-order valence-corrected chi connectivity index (χ0v) is 16.5. The lowest BCUT2D eigenvalue weighted by Gasteiger charge is -2.09. The molecule has 1 heterocycles. The van der Waals surface area contributed by atoms with Gasteiger partial charge in [-0.1, -0.05) is 78.4 Å². The van der Waals surface area contributed by atoms with E-state index >= 15 is 0 Å². The molecule has 3 aromatic carbocycles. The highest BCUT2D eigenvalue weighted by molar-refractivity contribution is 5.91. The summed E-state index contributed by atoms with van der Waals surface area (Å²) in [6, 6.07) is 25.7. The van der Waals surface area contributed by atoms with Crippen molar-refractivity contribution in [1.82, 2.24) is 20.1 Å². The first-order valence-electron chi connectivity index (χ1n) is 9.54. The van der Waals surface area contributed by atoms with Crippen LogP contribution in [0.1, 0.15) is 27.3 Å². The molecule has 0 aliphatic rings. The normalized spacial score (nSPS) is 10.7. The molecule has 0 bridgehead atoms. The second-order valence-corrected chi connectivity index (χ2v) is 7.00. The van der Waals surface area contributed by atoms with Crippen LogP contribution in [0.25, 0.3) is 17.1 Å². The molecular formula is C24H22N4O. The Labute approximate surface area is 170 Å². The number of carbonyl (C=O) groups excluding carboxylic acids is 1. The van der Waals surface area contributed by atoms with Gasteiger partial charge in [-0.3, -0.25) is 4.79 Å². The SMILES string of the molecule is Cc1ccc(-n2nc(C(=O)NCc3ccccc3)nc2-c2ccccc2)c(C)c1. The van der Waals surface area contributed by atoms with Crippen LogP contribution in [0.4, 0.5) is 0 Å². The molecule has 0 atom stereocenters. The number of hydrogen-bond acceptors (Lipinski definition) is 3. The van der Waals surface area contributed by atoms with E-state index in [1.54, 1.807) is 4.68 Å². The molecule has 0 unspecified atom stereocenters. The van der Waals surface area contributed by atoms with Crippen molar-refractivity contribution in [2.75, 3.05) is 0 Å². The van der Waals surface area contributed by atoms with E-state index in [0.29, 0.717) is 12.4 Å². The quantitative estimate of drug-likeness (QED) is 0.554. The lowest BCUT2D eigenvalue weighted by atomic mass is 10.1. The van der Waals surface area contributed by atoms with Crippen molar-refractivity contribution in [2.45, 2.75) is 20.4 Å². The molecule has 0 spiro atoms. The highest BCUT2D eigenvalue weighted by Gasteiger charge is 2.19. The maximum absolute atomic E-state index is 12.7. The van der Waals surface area contributed by atoms with E-state index in [1.807, 2.05) is 79.7 Å². The molecular weight excluding hydrogens is 360 g/mol. The van der Waals surface area contributed by atoms with Crippen LogP contribution >= 0.6 is 0 Å². The van der Waals surface area contributed by atoms with E-state index in [1.165, 1.54) is 5.56 Å². The summed E-state index contributed by atoms with van der Waals surface area (Å²) in [5.41, 5.74) is 5.08. The molecule has 0 radical (unpaired) electrons. The molecule has 0 aliphatic heterocycles. The van der Waals surface area contributed by atoms with E-state index in [9.17, 15) is 4.79 Å². The first-order chi connectivity index (χ1) is 14.1. The molecule has 29 heavy (non-hydrogen) atoms. The third-order valence-electron chi connectivity index (χ3n) is 4.72. The van der Waals surface area contributed by atoms with Gasteiger partial charge in [-0.25, -0.2) is 9.67 Å². The van der Waals surface area contributed by atoms with Gasteiger partial charge < -0.3 is 5.32 Å². The summed E-state index contributed by atoms with van der Waals surface area (Å²) in [5, 5.41) is 7.46. The van der Waals surface area contributed by atoms with Gasteiger partial charge in [-0.2, -0.15) is 0 Å². The van der Waals surface area contributed by atoms with Gasteiger partial charge in [0.2, 0.25) is 5.82 Å². The Morgan fingerprint density at radius 2 is 1.62 bits per heavy atom. The second kappa shape index (κ2) is 8.10. The maximum atomic E-state index is 12.7. The topological polar surface area (TPSA) is 59.8 Å². The van der Waals surface area contributed by atoms with Gasteiger partial charge in [0, 0.05) is 12.1 Å². The van der Waals surface area contributed by atoms with Gasteiger partial charge in [0.1, 0.15) is 0 Å². The average Bonchev–Trinajstić information content (AvgIpc) is 3.19. The summed E-state index contributed by atoms with van der Waals surface area (Å²) in [6.45, 7) is 4.52. The summed E-state index contributed by atoms with van der Waals surface area (Å²) >= 11 is 0. The summed E-state index contributed by atoms with van der Waals surface area (Å²) in [7, 11) is 0. The molecule has 0 fully saturated rings. The van der Waals surface area contributed by atoms with Crippen LogP contribution in [0.3, 0.4) is 0 Å². The molecule has 1 N–H and O–H groups in total. The molecule has 4 rings (SSSR count). The Kier molecular flexibility index (Phi) is 5.20. The van der Waals surface area contributed by atoms with Crippen LogP contribution < -0.4 is 5.32 Å². The molecule has 0 saturated carbocycles. The van der Waals surface area contributed by atoms with Gasteiger partial charge in [-0.05, 0) is 31.0 Å². The highest BCUT2D eigenvalue weighted by Crippen LogP contribution is 2.23. The van der Waals surface area contributed by atoms with Gasteiger partial charge in [0.05, 0.1) is 5.69 Å². The van der Waals surface area contributed by atoms with Crippen molar-refractivity contribution in [1.29, 1.82) is 0 Å². The predicted octanol–water partition coefficient (Wildman–Crippen LogP) is 4.48. The number of carbonyl (C=O) groups is 1. The Bertz CT molecular complexity index is 1130. The minimum Gasteiger partial charge on any atom is -0.345 e. The predicted molar refractivity (Wildman–Crippen MR) is 114 cm³/mol. The van der Waals surface area contributed by atoms with E-state index in [2.05, 4.69) is 28.4 Å². The van der Waals surface area contributed by atoms with Crippen LogP contribution in [-0.2, 0) is 6.54 Å². The number of benzene rings is 3. The largest absolute Gasteiger partial charge is 0.345 e. The molecule has 5 nitrogen and oxygen atoms in total. The van der Waals surface area contributed by atoms with Crippen molar-refractivity contribution in [3.63, 3.8) is 0 Å². The summed E-state index contributed by atoms with van der Waals surface area (Å²) in [5.74, 6) is 0.497. The minimum absolute atomic E-state index is 0.153.